The molecule has 2 heteroatoms. The standard InChI is InChI=1S/C17H34N2/c1-4-14(5-2)13(3)19-17-11-8-9-15(17)16-10-6-7-12-18-16/h13-19H,4-12H2,1-3H3. The molecule has 2 aliphatic rings. The number of piperidine rings is 1. The van der Waals surface area contributed by atoms with E-state index in [2.05, 4.69) is 31.4 Å². The largest absolute Gasteiger partial charge is 0.314 e. The fourth-order valence-corrected chi connectivity index (χ4v) is 4.39. The van der Waals surface area contributed by atoms with Crippen molar-refractivity contribution in [2.45, 2.75) is 90.3 Å². The summed E-state index contributed by atoms with van der Waals surface area (Å²) in [5, 5.41) is 7.77. The maximum Gasteiger partial charge on any atom is 0.0113 e. The van der Waals surface area contributed by atoms with Crippen molar-refractivity contribution in [2.75, 3.05) is 6.54 Å². The molecule has 4 unspecified atom stereocenters. The van der Waals surface area contributed by atoms with E-state index in [1.165, 1.54) is 57.9 Å². The lowest BCUT2D eigenvalue weighted by molar-refractivity contribution is 0.228. The van der Waals surface area contributed by atoms with E-state index in [4.69, 9.17) is 0 Å². The quantitative estimate of drug-likeness (QED) is 0.766. The summed E-state index contributed by atoms with van der Waals surface area (Å²) >= 11 is 0. The van der Waals surface area contributed by atoms with Gasteiger partial charge in [0.1, 0.15) is 0 Å². The second-order valence-corrected chi connectivity index (χ2v) is 6.79. The minimum atomic E-state index is 0.684. The summed E-state index contributed by atoms with van der Waals surface area (Å²) in [4.78, 5) is 0. The van der Waals surface area contributed by atoms with Crippen molar-refractivity contribution in [1.29, 1.82) is 0 Å². The first kappa shape index (κ1) is 15.3. The van der Waals surface area contributed by atoms with Crippen LogP contribution in [0.3, 0.4) is 0 Å². The van der Waals surface area contributed by atoms with Crippen LogP contribution in [-0.2, 0) is 0 Å². The SMILES string of the molecule is CCC(CC)C(C)NC1CCCC1C1CCCCN1. The second kappa shape index (κ2) is 7.64. The molecule has 0 aromatic carbocycles. The molecule has 19 heavy (non-hydrogen) atoms. The van der Waals surface area contributed by atoms with E-state index in [0.717, 1.165) is 23.9 Å². The highest BCUT2D eigenvalue weighted by molar-refractivity contribution is 4.93. The monoisotopic (exact) mass is 266 g/mol. The van der Waals surface area contributed by atoms with Gasteiger partial charge >= 0.3 is 0 Å². The van der Waals surface area contributed by atoms with Crippen molar-refractivity contribution < 1.29 is 0 Å². The van der Waals surface area contributed by atoms with Crippen LogP contribution < -0.4 is 10.6 Å². The summed E-state index contributed by atoms with van der Waals surface area (Å²) in [5.74, 6) is 1.73. The molecule has 0 radical (unpaired) electrons. The number of nitrogens with one attached hydrogen (secondary N) is 2. The van der Waals surface area contributed by atoms with Crippen molar-refractivity contribution in [3.63, 3.8) is 0 Å². The first-order valence-electron chi connectivity index (χ1n) is 8.75. The molecule has 112 valence electrons. The Morgan fingerprint density at radius 2 is 1.84 bits per heavy atom. The normalized spacial score (nSPS) is 33.8. The molecule has 1 aliphatic heterocycles. The molecule has 2 rings (SSSR count). The molecule has 4 atom stereocenters. The zero-order valence-corrected chi connectivity index (χ0v) is 13.3. The summed E-state index contributed by atoms with van der Waals surface area (Å²) in [5.41, 5.74) is 0. The summed E-state index contributed by atoms with van der Waals surface area (Å²) in [6.45, 7) is 8.32. The summed E-state index contributed by atoms with van der Waals surface area (Å²) < 4.78 is 0. The average Bonchev–Trinajstić information content (AvgIpc) is 2.89. The molecule has 0 amide bonds. The highest BCUT2D eigenvalue weighted by Gasteiger charge is 2.35. The molecule has 0 aromatic heterocycles. The fraction of sp³-hybridized carbons (Fsp3) is 1.00. The first-order valence-corrected chi connectivity index (χ1v) is 8.75. The van der Waals surface area contributed by atoms with Crippen LogP contribution in [0, 0.1) is 11.8 Å². The van der Waals surface area contributed by atoms with Crippen LogP contribution in [-0.4, -0.2) is 24.7 Å². The zero-order chi connectivity index (χ0) is 13.7. The predicted molar refractivity (Wildman–Crippen MR) is 83.4 cm³/mol. The van der Waals surface area contributed by atoms with Crippen molar-refractivity contribution in [2.24, 2.45) is 11.8 Å². The van der Waals surface area contributed by atoms with Gasteiger partial charge in [-0.05, 0) is 51.0 Å². The Kier molecular flexibility index (Phi) is 6.15. The Morgan fingerprint density at radius 1 is 1.05 bits per heavy atom. The average molecular weight is 266 g/mol. The molecular weight excluding hydrogens is 232 g/mol. The lowest BCUT2D eigenvalue weighted by atomic mass is 9.87. The lowest BCUT2D eigenvalue weighted by Crippen LogP contribution is -2.50. The highest BCUT2D eigenvalue weighted by atomic mass is 15.0. The van der Waals surface area contributed by atoms with Gasteiger partial charge in [-0.15, -0.1) is 0 Å². The molecule has 1 saturated heterocycles. The van der Waals surface area contributed by atoms with E-state index in [0.29, 0.717) is 6.04 Å². The minimum Gasteiger partial charge on any atom is -0.314 e. The topological polar surface area (TPSA) is 24.1 Å². The van der Waals surface area contributed by atoms with Crippen molar-refractivity contribution in [3.05, 3.63) is 0 Å². The van der Waals surface area contributed by atoms with Gasteiger partial charge < -0.3 is 10.6 Å². The van der Waals surface area contributed by atoms with Crippen LogP contribution >= 0.6 is 0 Å². The molecule has 1 heterocycles. The molecule has 2 nitrogen and oxygen atoms in total. The molecule has 0 spiro atoms. The van der Waals surface area contributed by atoms with E-state index in [-0.39, 0.29) is 0 Å². The summed E-state index contributed by atoms with van der Waals surface area (Å²) in [6.07, 6.45) is 11.1. The molecule has 2 fully saturated rings. The Hall–Kier alpha value is -0.0800. The van der Waals surface area contributed by atoms with E-state index in [1.807, 2.05) is 0 Å². The maximum atomic E-state index is 3.99. The highest BCUT2D eigenvalue weighted by Crippen LogP contribution is 2.32. The van der Waals surface area contributed by atoms with Crippen LogP contribution in [0.15, 0.2) is 0 Å². The van der Waals surface area contributed by atoms with E-state index < -0.39 is 0 Å². The molecular formula is C17H34N2. The Balaban J connectivity index is 1.87. The number of rotatable bonds is 6. The second-order valence-electron chi connectivity index (χ2n) is 6.79. The van der Waals surface area contributed by atoms with Gasteiger partial charge in [-0.3, -0.25) is 0 Å². The van der Waals surface area contributed by atoms with E-state index >= 15 is 0 Å². The molecule has 1 saturated carbocycles. The smallest absolute Gasteiger partial charge is 0.0113 e. The third-order valence-corrected chi connectivity index (χ3v) is 5.67. The molecule has 0 aromatic rings. The van der Waals surface area contributed by atoms with Gasteiger partial charge in [0.25, 0.3) is 0 Å². The van der Waals surface area contributed by atoms with E-state index in [9.17, 15) is 0 Å². The Morgan fingerprint density at radius 3 is 2.47 bits per heavy atom. The third kappa shape index (κ3) is 3.95. The Bertz CT molecular complexity index is 244. The Labute approximate surface area is 120 Å². The van der Waals surface area contributed by atoms with Gasteiger partial charge in [-0.1, -0.05) is 39.5 Å². The molecule has 2 N–H and O–H groups in total. The molecule has 1 aliphatic carbocycles. The van der Waals surface area contributed by atoms with Gasteiger partial charge in [-0.25, -0.2) is 0 Å². The van der Waals surface area contributed by atoms with Crippen molar-refractivity contribution in [1.82, 2.24) is 10.6 Å². The van der Waals surface area contributed by atoms with Crippen LogP contribution in [0.1, 0.15) is 72.1 Å². The molecule has 0 bridgehead atoms. The van der Waals surface area contributed by atoms with Crippen molar-refractivity contribution >= 4 is 0 Å². The van der Waals surface area contributed by atoms with Gasteiger partial charge in [0, 0.05) is 18.1 Å². The number of hydrogen-bond donors (Lipinski definition) is 2. The third-order valence-electron chi connectivity index (χ3n) is 5.67. The van der Waals surface area contributed by atoms with Gasteiger partial charge in [-0.2, -0.15) is 0 Å². The van der Waals surface area contributed by atoms with Gasteiger partial charge in [0.15, 0.2) is 0 Å². The van der Waals surface area contributed by atoms with Gasteiger partial charge in [0.05, 0.1) is 0 Å². The fourth-order valence-electron chi connectivity index (χ4n) is 4.39. The van der Waals surface area contributed by atoms with E-state index in [1.54, 1.807) is 0 Å². The van der Waals surface area contributed by atoms with Crippen LogP contribution in [0.2, 0.25) is 0 Å². The van der Waals surface area contributed by atoms with Crippen LogP contribution in [0.5, 0.6) is 0 Å². The summed E-state index contributed by atoms with van der Waals surface area (Å²) in [6, 6.07) is 2.25. The predicted octanol–water partition coefficient (Wildman–Crippen LogP) is 3.71. The first-order chi connectivity index (χ1) is 9.26. The minimum absolute atomic E-state index is 0.684. The van der Waals surface area contributed by atoms with Crippen molar-refractivity contribution in [3.8, 4) is 0 Å². The zero-order valence-electron chi connectivity index (χ0n) is 13.3. The lowest BCUT2D eigenvalue weighted by Gasteiger charge is -2.35. The van der Waals surface area contributed by atoms with Gasteiger partial charge in [0.2, 0.25) is 0 Å². The van der Waals surface area contributed by atoms with Crippen LogP contribution in [0.25, 0.3) is 0 Å². The maximum absolute atomic E-state index is 3.99. The number of hydrogen-bond acceptors (Lipinski definition) is 2. The summed E-state index contributed by atoms with van der Waals surface area (Å²) in [7, 11) is 0. The van der Waals surface area contributed by atoms with Crippen LogP contribution in [0.4, 0.5) is 0 Å².